The molecule has 8 nitrogen and oxygen atoms in total. The fourth-order valence-corrected chi connectivity index (χ4v) is 3.85. The van der Waals surface area contributed by atoms with Crippen LogP contribution in [0, 0.1) is 4.77 Å². The van der Waals surface area contributed by atoms with Crippen molar-refractivity contribution in [1.82, 2.24) is 24.1 Å². The van der Waals surface area contributed by atoms with E-state index in [0.29, 0.717) is 37.0 Å². The van der Waals surface area contributed by atoms with E-state index >= 15 is 0 Å². The Morgan fingerprint density at radius 2 is 2.04 bits per heavy atom. The van der Waals surface area contributed by atoms with Gasteiger partial charge in [-0.2, -0.15) is 5.10 Å². The number of nitrogens with zero attached hydrogens (tertiary/aromatic N) is 5. The minimum Gasteiger partial charge on any atom is -0.466 e. The molecule has 0 atom stereocenters. The number of piperazine rings is 1. The van der Waals surface area contributed by atoms with Gasteiger partial charge in [0.15, 0.2) is 4.77 Å². The van der Waals surface area contributed by atoms with E-state index in [0.717, 1.165) is 18.0 Å². The lowest BCUT2D eigenvalue weighted by molar-refractivity contribution is -0.142. The molecule has 10 heteroatoms. The molecule has 1 fully saturated rings. The summed E-state index contributed by atoms with van der Waals surface area (Å²) in [5.41, 5.74) is 0. The number of carbonyl (C=O) groups is 2. The number of carbonyl (C=O) groups excluding carboxylic acids is 2. The molecule has 1 amide bonds. The maximum Gasteiger partial charge on any atom is 0.313 e. The molecule has 2 aromatic rings. The predicted molar refractivity (Wildman–Crippen MR) is 104 cm³/mol. The Morgan fingerprint density at radius 1 is 1.30 bits per heavy atom. The largest absolute Gasteiger partial charge is 0.466 e. The molecule has 2 aromatic heterocycles. The van der Waals surface area contributed by atoms with Gasteiger partial charge in [-0.1, -0.05) is 6.07 Å². The van der Waals surface area contributed by atoms with E-state index in [2.05, 4.69) is 10.00 Å². The van der Waals surface area contributed by atoms with Crippen LogP contribution in [0.4, 0.5) is 0 Å². The van der Waals surface area contributed by atoms with Gasteiger partial charge in [-0.3, -0.25) is 14.5 Å². The van der Waals surface area contributed by atoms with Crippen molar-refractivity contribution in [2.75, 3.05) is 32.8 Å². The molecule has 1 saturated heterocycles. The first-order chi connectivity index (χ1) is 13.0. The Labute approximate surface area is 166 Å². The summed E-state index contributed by atoms with van der Waals surface area (Å²) < 4.78 is 9.01. The molecule has 0 spiro atoms. The molecule has 0 saturated carbocycles. The van der Waals surface area contributed by atoms with Gasteiger partial charge in [0.05, 0.1) is 18.2 Å². The van der Waals surface area contributed by atoms with E-state index < -0.39 is 0 Å². The highest BCUT2D eigenvalue weighted by atomic mass is 32.1. The van der Waals surface area contributed by atoms with Gasteiger partial charge in [-0.05, 0) is 30.6 Å². The third-order valence-corrected chi connectivity index (χ3v) is 5.81. The van der Waals surface area contributed by atoms with E-state index in [1.54, 1.807) is 23.2 Å². The zero-order chi connectivity index (χ0) is 19.4. The summed E-state index contributed by atoms with van der Waals surface area (Å²) in [4.78, 5) is 29.0. The molecule has 0 bridgehead atoms. The Bertz CT molecular complexity index is 851. The van der Waals surface area contributed by atoms with Gasteiger partial charge in [-0.25, -0.2) is 4.68 Å². The summed E-state index contributed by atoms with van der Waals surface area (Å²) in [6, 6.07) is 3.75. The van der Waals surface area contributed by atoms with Crippen LogP contribution < -0.4 is 0 Å². The fourth-order valence-electron chi connectivity index (χ4n) is 2.96. The Morgan fingerprint density at radius 3 is 2.67 bits per heavy atom. The first-order valence-electron chi connectivity index (χ1n) is 8.83. The van der Waals surface area contributed by atoms with Crippen LogP contribution in [0.2, 0.25) is 0 Å². The maximum atomic E-state index is 12.4. The summed E-state index contributed by atoms with van der Waals surface area (Å²) in [5.74, 6) is 0.370. The maximum absolute atomic E-state index is 12.4. The third kappa shape index (κ3) is 4.63. The van der Waals surface area contributed by atoms with Gasteiger partial charge in [0.2, 0.25) is 0 Å². The van der Waals surface area contributed by atoms with Crippen LogP contribution in [0.25, 0.3) is 0 Å². The predicted octanol–water partition coefficient (Wildman–Crippen LogP) is 1.53. The summed E-state index contributed by atoms with van der Waals surface area (Å²) >= 11 is 6.91. The minimum absolute atomic E-state index is 0.0934. The van der Waals surface area contributed by atoms with E-state index in [-0.39, 0.29) is 18.3 Å². The van der Waals surface area contributed by atoms with E-state index in [4.69, 9.17) is 17.0 Å². The molecule has 146 valence electrons. The number of amides is 1. The van der Waals surface area contributed by atoms with Gasteiger partial charge in [-0.15, -0.1) is 11.3 Å². The molecule has 0 aliphatic carbocycles. The normalized spacial score (nSPS) is 15.1. The molecule has 27 heavy (non-hydrogen) atoms. The average Bonchev–Trinajstić information content (AvgIpc) is 3.28. The van der Waals surface area contributed by atoms with Gasteiger partial charge >= 0.3 is 5.97 Å². The SMILES string of the molecule is CCOC(=O)Cc1nn(CN2CCN(C(=O)c3cccs3)CC2)c(=S)n1C. The lowest BCUT2D eigenvalue weighted by Crippen LogP contribution is -2.48. The van der Waals surface area contributed by atoms with Crippen LogP contribution in [-0.2, 0) is 29.7 Å². The van der Waals surface area contributed by atoms with Crippen LogP contribution >= 0.6 is 23.6 Å². The highest BCUT2D eigenvalue weighted by molar-refractivity contribution is 7.71. The van der Waals surface area contributed by atoms with Crippen molar-refractivity contribution in [3.05, 3.63) is 33.0 Å². The van der Waals surface area contributed by atoms with E-state index in [1.807, 2.05) is 22.4 Å². The van der Waals surface area contributed by atoms with Crippen molar-refractivity contribution in [3.63, 3.8) is 0 Å². The second-order valence-electron chi connectivity index (χ2n) is 6.27. The van der Waals surface area contributed by atoms with Crippen LogP contribution in [0.3, 0.4) is 0 Å². The molecule has 0 aromatic carbocycles. The van der Waals surface area contributed by atoms with Crippen LogP contribution in [0.15, 0.2) is 17.5 Å². The number of aromatic nitrogens is 3. The molecule has 0 N–H and O–H groups in total. The second kappa shape index (κ2) is 8.77. The van der Waals surface area contributed by atoms with Crippen molar-refractivity contribution in [3.8, 4) is 0 Å². The van der Waals surface area contributed by atoms with Crippen molar-refractivity contribution in [2.24, 2.45) is 7.05 Å². The van der Waals surface area contributed by atoms with Crippen LogP contribution in [0.5, 0.6) is 0 Å². The average molecular weight is 410 g/mol. The van der Waals surface area contributed by atoms with Crippen molar-refractivity contribution >= 4 is 35.4 Å². The summed E-state index contributed by atoms with van der Waals surface area (Å²) in [5, 5.41) is 6.39. The smallest absolute Gasteiger partial charge is 0.313 e. The molecule has 0 unspecified atom stereocenters. The summed E-state index contributed by atoms with van der Waals surface area (Å²) in [7, 11) is 1.80. The first kappa shape index (κ1) is 19.7. The lowest BCUT2D eigenvalue weighted by Gasteiger charge is -2.34. The first-order valence-corrected chi connectivity index (χ1v) is 10.1. The van der Waals surface area contributed by atoms with E-state index in [1.165, 1.54) is 11.3 Å². The fraction of sp³-hybridized carbons (Fsp3) is 0.529. The number of hydrogen-bond acceptors (Lipinski definition) is 7. The molecule has 1 aliphatic heterocycles. The molecular formula is C17H23N5O3S2. The lowest BCUT2D eigenvalue weighted by atomic mass is 10.3. The van der Waals surface area contributed by atoms with Crippen molar-refractivity contribution in [2.45, 2.75) is 20.0 Å². The van der Waals surface area contributed by atoms with Crippen LogP contribution in [0.1, 0.15) is 22.4 Å². The van der Waals surface area contributed by atoms with Gasteiger partial charge in [0, 0.05) is 33.2 Å². The molecular weight excluding hydrogens is 386 g/mol. The quantitative estimate of drug-likeness (QED) is 0.532. The summed E-state index contributed by atoms with van der Waals surface area (Å²) in [6.45, 7) is 5.51. The Balaban J connectivity index is 1.58. The Hall–Kier alpha value is -2.04. The number of rotatable bonds is 6. The zero-order valence-electron chi connectivity index (χ0n) is 15.5. The number of thiophene rings is 1. The van der Waals surface area contributed by atoms with Crippen molar-refractivity contribution in [1.29, 1.82) is 0 Å². The minimum atomic E-state index is -0.312. The van der Waals surface area contributed by atoms with Crippen molar-refractivity contribution < 1.29 is 14.3 Å². The Kier molecular flexibility index (Phi) is 6.40. The summed E-state index contributed by atoms with van der Waals surface area (Å²) in [6.07, 6.45) is 0.101. The standard InChI is InChI=1S/C17H23N5O3S2/c1-3-25-15(23)11-14-18-22(17(26)19(14)2)12-20-6-8-21(9-7-20)16(24)13-5-4-10-27-13/h4-5,10H,3,6-9,11-12H2,1-2H3. The number of hydrogen-bond donors (Lipinski definition) is 0. The third-order valence-electron chi connectivity index (χ3n) is 4.46. The van der Waals surface area contributed by atoms with Gasteiger partial charge < -0.3 is 14.2 Å². The molecule has 3 rings (SSSR count). The number of esters is 1. The highest BCUT2D eigenvalue weighted by Crippen LogP contribution is 2.14. The number of ether oxygens (including phenoxy) is 1. The van der Waals surface area contributed by atoms with E-state index in [9.17, 15) is 9.59 Å². The molecule has 1 aliphatic rings. The second-order valence-corrected chi connectivity index (χ2v) is 7.58. The van der Waals surface area contributed by atoms with Crippen LogP contribution in [-0.4, -0.2) is 68.8 Å². The topological polar surface area (TPSA) is 72.6 Å². The molecule has 0 radical (unpaired) electrons. The molecule has 3 heterocycles. The van der Waals surface area contributed by atoms with Gasteiger partial charge in [0.25, 0.3) is 5.91 Å². The highest BCUT2D eigenvalue weighted by Gasteiger charge is 2.23. The van der Waals surface area contributed by atoms with Gasteiger partial charge in [0.1, 0.15) is 12.2 Å². The monoisotopic (exact) mass is 409 g/mol. The zero-order valence-corrected chi connectivity index (χ0v) is 17.1.